The van der Waals surface area contributed by atoms with Crippen LogP contribution in [0.1, 0.15) is 24.5 Å². The average molecular weight is 230 g/mol. The van der Waals surface area contributed by atoms with Crippen LogP contribution in [0.3, 0.4) is 0 Å². The zero-order valence-corrected chi connectivity index (χ0v) is 10.8. The molecule has 1 amide bonds. The highest BCUT2D eigenvalue weighted by Gasteiger charge is 2.20. The summed E-state index contributed by atoms with van der Waals surface area (Å²) < 4.78 is 0. The van der Waals surface area contributed by atoms with E-state index in [0.717, 1.165) is 16.8 Å². The van der Waals surface area contributed by atoms with Crippen molar-refractivity contribution in [2.45, 2.75) is 27.2 Å². The number of carbonyl (C=O) groups is 1. The molecule has 0 aliphatic rings. The summed E-state index contributed by atoms with van der Waals surface area (Å²) >= 11 is 0. The van der Waals surface area contributed by atoms with E-state index in [4.69, 9.17) is 5.26 Å². The second kappa shape index (κ2) is 5.49. The zero-order valence-electron chi connectivity index (χ0n) is 10.8. The largest absolute Gasteiger partial charge is 0.314 e. The van der Waals surface area contributed by atoms with Crippen molar-refractivity contribution in [1.29, 1.82) is 5.26 Å². The van der Waals surface area contributed by atoms with Crippen LogP contribution in [0, 0.1) is 31.1 Å². The molecule has 0 bridgehead atoms. The maximum atomic E-state index is 12.0. The first-order chi connectivity index (χ1) is 7.99. The standard InChI is InChI=1S/C14H18N2O/c1-5-12(9-15)14(17)16(4)13-7-10(2)6-11(3)8-13/h6-8,12H,5H2,1-4H3. The second-order valence-corrected chi connectivity index (χ2v) is 4.33. The van der Waals surface area contributed by atoms with E-state index < -0.39 is 5.92 Å². The topological polar surface area (TPSA) is 44.1 Å². The van der Waals surface area contributed by atoms with Crippen molar-refractivity contribution < 1.29 is 4.79 Å². The van der Waals surface area contributed by atoms with Gasteiger partial charge in [0.1, 0.15) is 5.92 Å². The number of benzene rings is 1. The maximum Gasteiger partial charge on any atom is 0.244 e. The Labute approximate surface area is 103 Å². The third-order valence-corrected chi connectivity index (χ3v) is 2.79. The molecular formula is C14H18N2O. The van der Waals surface area contributed by atoms with Gasteiger partial charge in [0.2, 0.25) is 5.91 Å². The highest BCUT2D eigenvalue weighted by Crippen LogP contribution is 2.19. The van der Waals surface area contributed by atoms with Crippen molar-refractivity contribution in [2.75, 3.05) is 11.9 Å². The molecule has 1 aromatic rings. The second-order valence-electron chi connectivity index (χ2n) is 4.33. The van der Waals surface area contributed by atoms with Crippen molar-refractivity contribution >= 4 is 11.6 Å². The quantitative estimate of drug-likeness (QED) is 0.801. The molecule has 90 valence electrons. The van der Waals surface area contributed by atoms with E-state index in [9.17, 15) is 4.79 Å². The number of aryl methyl sites for hydroxylation is 2. The number of hydrogen-bond donors (Lipinski definition) is 0. The molecule has 1 unspecified atom stereocenters. The number of amides is 1. The van der Waals surface area contributed by atoms with Crippen molar-refractivity contribution in [3.63, 3.8) is 0 Å². The summed E-state index contributed by atoms with van der Waals surface area (Å²) in [6.07, 6.45) is 0.546. The van der Waals surface area contributed by atoms with Gasteiger partial charge in [-0.1, -0.05) is 13.0 Å². The molecule has 0 aliphatic carbocycles. The summed E-state index contributed by atoms with van der Waals surface area (Å²) in [4.78, 5) is 13.6. The molecule has 1 aromatic carbocycles. The molecule has 0 fully saturated rings. The van der Waals surface area contributed by atoms with E-state index in [0.29, 0.717) is 6.42 Å². The summed E-state index contributed by atoms with van der Waals surface area (Å²) in [5, 5.41) is 8.90. The molecular weight excluding hydrogens is 212 g/mol. The van der Waals surface area contributed by atoms with E-state index in [2.05, 4.69) is 6.07 Å². The van der Waals surface area contributed by atoms with Crippen LogP contribution in [-0.2, 0) is 4.79 Å². The van der Waals surface area contributed by atoms with E-state index in [1.165, 1.54) is 0 Å². The molecule has 3 nitrogen and oxygen atoms in total. The van der Waals surface area contributed by atoms with E-state index in [1.54, 1.807) is 11.9 Å². The summed E-state index contributed by atoms with van der Waals surface area (Å²) in [6, 6.07) is 8.01. The van der Waals surface area contributed by atoms with E-state index >= 15 is 0 Å². The summed E-state index contributed by atoms with van der Waals surface area (Å²) in [7, 11) is 1.72. The first-order valence-electron chi connectivity index (χ1n) is 5.75. The van der Waals surface area contributed by atoms with Crippen molar-refractivity contribution in [2.24, 2.45) is 5.92 Å². The molecule has 0 radical (unpaired) electrons. The van der Waals surface area contributed by atoms with E-state index in [-0.39, 0.29) is 5.91 Å². The Morgan fingerprint density at radius 2 is 1.88 bits per heavy atom. The third kappa shape index (κ3) is 3.07. The van der Waals surface area contributed by atoms with Crippen LogP contribution in [0.15, 0.2) is 18.2 Å². The molecule has 0 N–H and O–H groups in total. The number of carbonyl (C=O) groups excluding carboxylic acids is 1. The smallest absolute Gasteiger partial charge is 0.244 e. The Morgan fingerprint density at radius 3 is 2.29 bits per heavy atom. The molecule has 0 aliphatic heterocycles. The van der Waals surface area contributed by atoms with Gasteiger partial charge in [-0.3, -0.25) is 4.79 Å². The molecule has 17 heavy (non-hydrogen) atoms. The minimum Gasteiger partial charge on any atom is -0.314 e. The first kappa shape index (κ1) is 13.2. The van der Waals surface area contributed by atoms with Gasteiger partial charge < -0.3 is 4.90 Å². The number of anilines is 1. The highest BCUT2D eigenvalue weighted by atomic mass is 16.2. The fourth-order valence-corrected chi connectivity index (χ4v) is 1.83. The van der Waals surface area contributed by atoms with Gasteiger partial charge in [0, 0.05) is 12.7 Å². The molecule has 0 heterocycles. The van der Waals surface area contributed by atoms with Crippen LogP contribution in [0.25, 0.3) is 0 Å². The number of nitrogens with zero attached hydrogens (tertiary/aromatic N) is 2. The summed E-state index contributed by atoms with van der Waals surface area (Å²) in [5.41, 5.74) is 3.08. The highest BCUT2D eigenvalue weighted by molar-refractivity contribution is 5.96. The van der Waals surface area contributed by atoms with Crippen LogP contribution in [-0.4, -0.2) is 13.0 Å². The van der Waals surface area contributed by atoms with Crippen LogP contribution in [0.5, 0.6) is 0 Å². The van der Waals surface area contributed by atoms with Gasteiger partial charge in [-0.2, -0.15) is 5.26 Å². The Balaban J connectivity index is 3.00. The van der Waals surface area contributed by atoms with Crippen LogP contribution >= 0.6 is 0 Å². The Morgan fingerprint density at radius 1 is 1.35 bits per heavy atom. The van der Waals surface area contributed by atoms with Gasteiger partial charge in [0.15, 0.2) is 0 Å². The fraction of sp³-hybridized carbons (Fsp3) is 0.429. The third-order valence-electron chi connectivity index (χ3n) is 2.79. The van der Waals surface area contributed by atoms with Gasteiger partial charge in [-0.15, -0.1) is 0 Å². The lowest BCUT2D eigenvalue weighted by Crippen LogP contribution is -2.32. The monoisotopic (exact) mass is 230 g/mol. The molecule has 0 saturated heterocycles. The molecule has 0 aromatic heterocycles. The lowest BCUT2D eigenvalue weighted by molar-refractivity contribution is -0.120. The van der Waals surface area contributed by atoms with Crippen LogP contribution < -0.4 is 4.90 Å². The lowest BCUT2D eigenvalue weighted by Gasteiger charge is -2.20. The average Bonchev–Trinajstić information content (AvgIpc) is 2.28. The Kier molecular flexibility index (Phi) is 4.28. The van der Waals surface area contributed by atoms with Crippen molar-refractivity contribution in [3.05, 3.63) is 29.3 Å². The summed E-state index contributed by atoms with van der Waals surface area (Å²) in [6.45, 7) is 5.84. The minimum atomic E-state index is -0.555. The van der Waals surface area contributed by atoms with E-state index in [1.807, 2.05) is 39.0 Å². The van der Waals surface area contributed by atoms with Gasteiger partial charge in [-0.25, -0.2) is 0 Å². The van der Waals surface area contributed by atoms with Crippen molar-refractivity contribution in [1.82, 2.24) is 0 Å². The van der Waals surface area contributed by atoms with Gasteiger partial charge in [0.05, 0.1) is 6.07 Å². The molecule has 1 atom stereocenters. The lowest BCUT2D eigenvalue weighted by atomic mass is 10.1. The predicted molar refractivity (Wildman–Crippen MR) is 68.7 cm³/mol. The van der Waals surface area contributed by atoms with Crippen LogP contribution in [0.4, 0.5) is 5.69 Å². The molecule has 0 saturated carbocycles. The molecule has 0 spiro atoms. The Hall–Kier alpha value is -1.82. The van der Waals surface area contributed by atoms with Gasteiger partial charge in [0.25, 0.3) is 0 Å². The maximum absolute atomic E-state index is 12.0. The summed E-state index contributed by atoms with van der Waals surface area (Å²) in [5.74, 6) is -0.694. The first-order valence-corrected chi connectivity index (χ1v) is 5.75. The SMILES string of the molecule is CCC(C#N)C(=O)N(C)c1cc(C)cc(C)c1. The van der Waals surface area contributed by atoms with Crippen LogP contribution in [0.2, 0.25) is 0 Å². The normalized spacial score (nSPS) is 11.7. The Bertz CT molecular complexity index is 440. The molecule has 1 rings (SSSR count). The predicted octanol–water partition coefficient (Wildman–Crippen LogP) is 2.82. The zero-order chi connectivity index (χ0) is 13.0. The van der Waals surface area contributed by atoms with Crippen molar-refractivity contribution in [3.8, 4) is 6.07 Å². The number of nitriles is 1. The number of hydrogen-bond acceptors (Lipinski definition) is 2. The minimum absolute atomic E-state index is 0.139. The van der Waals surface area contributed by atoms with Gasteiger partial charge >= 0.3 is 0 Å². The molecule has 3 heteroatoms. The fourth-order valence-electron chi connectivity index (χ4n) is 1.83. The van der Waals surface area contributed by atoms with Gasteiger partial charge in [-0.05, 0) is 43.5 Å². The number of rotatable bonds is 3.